The molecule has 2 rings (SSSR count). The number of piperidine rings is 1. The zero-order valence-corrected chi connectivity index (χ0v) is 12.7. The molecule has 21 heavy (non-hydrogen) atoms. The summed E-state index contributed by atoms with van der Waals surface area (Å²) < 4.78 is 37.6. The van der Waals surface area contributed by atoms with Gasteiger partial charge in [0, 0.05) is 0 Å². The second-order valence-corrected chi connectivity index (χ2v) is 6.46. The van der Waals surface area contributed by atoms with Gasteiger partial charge in [0.2, 0.25) is 0 Å². The number of amides is 1. The predicted octanol–water partition coefficient (Wildman–Crippen LogP) is 2.58. The molecule has 0 bridgehead atoms. The minimum absolute atomic E-state index is 0.141. The SMILES string of the molecule is CCOC(=O)C1CCC2C(N1C(=O)OC(C)(C)C)C2(F)F. The maximum atomic E-state index is 13.8. The fraction of sp³-hybridized carbons (Fsp3) is 0.857. The van der Waals surface area contributed by atoms with E-state index in [1.165, 1.54) is 0 Å². The Morgan fingerprint density at radius 3 is 2.43 bits per heavy atom. The maximum absolute atomic E-state index is 13.8. The summed E-state index contributed by atoms with van der Waals surface area (Å²) >= 11 is 0. The maximum Gasteiger partial charge on any atom is 0.411 e. The van der Waals surface area contributed by atoms with Crippen LogP contribution in [0.2, 0.25) is 0 Å². The largest absolute Gasteiger partial charge is 0.464 e. The van der Waals surface area contributed by atoms with Crippen LogP contribution in [0.3, 0.4) is 0 Å². The summed E-state index contributed by atoms with van der Waals surface area (Å²) in [4.78, 5) is 25.0. The third-order valence-electron chi connectivity index (χ3n) is 3.71. The van der Waals surface area contributed by atoms with Crippen molar-refractivity contribution in [2.75, 3.05) is 6.61 Å². The average molecular weight is 305 g/mol. The molecule has 120 valence electrons. The molecule has 1 saturated heterocycles. The summed E-state index contributed by atoms with van der Waals surface area (Å²) in [6.07, 6.45) is -0.498. The van der Waals surface area contributed by atoms with Crippen molar-refractivity contribution in [1.29, 1.82) is 0 Å². The monoisotopic (exact) mass is 305 g/mol. The summed E-state index contributed by atoms with van der Waals surface area (Å²) in [5.74, 6) is -4.47. The quantitative estimate of drug-likeness (QED) is 0.736. The van der Waals surface area contributed by atoms with Crippen LogP contribution in [0, 0.1) is 5.92 Å². The molecule has 7 heteroatoms. The molecule has 0 aromatic rings. The number of esters is 1. The number of carbonyl (C=O) groups excluding carboxylic acids is 2. The molecule has 1 aliphatic carbocycles. The molecule has 1 heterocycles. The van der Waals surface area contributed by atoms with Crippen LogP contribution in [0.1, 0.15) is 40.5 Å². The van der Waals surface area contributed by atoms with Crippen molar-refractivity contribution >= 4 is 12.1 Å². The van der Waals surface area contributed by atoms with Crippen molar-refractivity contribution in [3.63, 3.8) is 0 Å². The van der Waals surface area contributed by atoms with Gasteiger partial charge in [-0.15, -0.1) is 0 Å². The van der Waals surface area contributed by atoms with E-state index in [4.69, 9.17) is 9.47 Å². The Bertz CT molecular complexity index is 447. The van der Waals surface area contributed by atoms with Crippen molar-refractivity contribution < 1.29 is 27.8 Å². The number of fused-ring (bicyclic) bond motifs is 1. The van der Waals surface area contributed by atoms with Gasteiger partial charge in [-0.25, -0.2) is 18.4 Å². The van der Waals surface area contributed by atoms with E-state index in [1.54, 1.807) is 27.7 Å². The van der Waals surface area contributed by atoms with E-state index in [0.717, 1.165) is 4.90 Å². The van der Waals surface area contributed by atoms with E-state index in [1.807, 2.05) is 0 Å². The third-order valence-corrected chi connectivity index (χ3v) is 3.71. The fourth-order valence-corrected chi connectivity index (χ4v) is 2.80. The van der Waals surface area contributed by atoms with E-state index in [0.29, 0.717) is 0 Å². The van der Waals surface area contributed by atoms with E-state index in [9.17, 15) is 18.4 Å². The Morgan fingerprint density at radius 1 is 1.29 bits per heavy atom. The van der Waals surface area contributed by atoms with E-state index in [2.05, 4.69) is 0 Å². The van der Waals surface area contributed by atoms with Gasteiger partial charge in [0.05, 0.1) is 12.5 Å². The minimum Gasteiger partial charge on any atom is -0.464 e. The number of nitrogens with zero attached hydrogens (tertiary/aromatic N) is 1. The summed E-state index contributed by atoms with van der Waals surface area (Å²) in [6, 6.07) is -2.25. The second kappa shape index (κ2) is 5.10. The molecule has 2 aliphatic rings. The predicted molar refractivity (Wildman–Crippen MR) is 70.0 cm³/mol. The number of alkyl halides is 2. The van der Waals surface area contributed by atoms with Gasteiger partial charge in [-0.1, -0.05) is 0 Å². The van der Waals surface area contributed by atoms with E-state index in [-0.39, 0.29) is 19.4 Å². The highest BCUT2D eigenvalue weighted by molar-refractivity contribution is 5.82. The number of hydrogen-bond acceptors (Lipinski definition) is 4. The molecule has 0 radical (unpaired) electrons. The molecule has 1 amide bonds. The van der Waals surface area contributed by atoms with Crippen LogP contribution < -0.4 is 0 Å². The molecule has 3 atom stereocenters. The number of likely N-dealkylation sites (tertiary alicyclic amines) is 1. The number of carbonyl (C=O) groups is 2. The van der Waals surface area contributed by atoms with E-state index >= 15 is 0 Å². The van der Waals surface area contributed by atoms with Gasteiger partial charge >= 0.3 is 12.1 Å². The van der Waals surface area contributed by atoms with Crippen molar-refractivity contribution in [2.45, 2.75) is 64.1 Å². The van der Waals surface area contributed by atoms with Crippen molar-refractivity contribution in [1.82, 2.24) is 4.90 Å². The van der Waals surface area contributed by atoms with Gasteiger partial charge in [-0.3, -0.25) is 4.90 Å². The Kier molecular flexibility index (Phi) is 3.88. The number of hydrogen-bond donors (Lipinski definition) is 0. The summed E-state index contributed by atoms with van der Waals surface area (Å²) in [5.41, 5.74) is -0.812. The normalized spacial score (nSPS) is 30.4. The fourth-order valence-electron chi connectivity index (χ4n) is 2.80. The standard InChI is InChI=1S/C14H21F2NO4/c1-5-20-11(18)9-7-6-8-10(14(8,15)16)17(9)12(19)21-13(2,3)4/h8-10H,5-7H2,1-4H3. The molecule has 3 unspecified atom stereocenters. The van der Waals surface area contributed by atoms with Crippen molar-refractivity contribution in [3.8, 4) is 0 Å². The van der Waals surface area contributed by atoms with Gasteiger partial charge < -0.3 is 9.47 Å². The van der Waals surface area contributed by atoms with Crippen LogP contribution >= 0.6 is 0 Å². The molecule has 2 fully saturated rings. The lowest BCUT2D eigenvalue weighted by molar-refractivity contribution is -0.151. The first-order valence-electron chi connectivity index (χ1n) is 7.15. The molecule has 1 saturated carbocycles. The second-order valence-electron chi connectivity index (χ2n) is 6.46. The molecule has 0 aromatic heterocycles. The van der Waals surface area contributed by atoms with Crippen LogP contribution in [0.15, 0.2) is 0 Å². The molecule has 0 spiro atoms. The van der Waals surface area contributed by atoms with Crippen molar-refractivity contribution in [3.05, 3.63) is 0 Å². The highest BCUT2D eigenvalue weighted by atomic mass is 19.3. The van der Waals surface area contributed by atoms with Gasteiger partial charge in [0.15, 0.2) is 0 Å². The Balaban J connectivity index is 2.21. The molecular formula is C14H21F2NO4. The Labute approximate surface area is 122 Å². The van der Waals surface area contributed by atoms with Crippen LogP contribution in [-0.2, 0) is 14.3 Å². The first kappa shape index (κ1) is 16.0. The summed E-state index contributed by atoms with van der Waals surface area (Å²) in [6.45, 7) is 6.72. The highest BCUT2D eigenvalue weighted by Crippen LogP contribution is 2.58. The first-order valence-corrected chi connectivity index (χ1v) is 7.15. The molecule has 0 aromatic carbocycles. The van der Waals surface area contributed by atoms with Gasteiger partial charge in [-0.2, -0.15) is 0 Å². The topological polar surface area (TPSA) is 55.8 Å². The smallest absolute Gasteiger partial charge is 0.411 e. The number of ether oxygens (including phenoxy) is 2. The lowest BCUT2D eigenvalue weighted by Gasteiger charge is -2.34. The zero-order chi connectivity index (χ0) is 16.0. The molecular weight excluding hydrogens is 284 g/mol. The molecule has 5 nitrogen and oxygen atoms in total. The van der Waals surface area contributed by atoms with E-state index < -0.39 is 41.6 Å². The minimum atomic E-state index is -2.95. The van der Waals surface area contributed by atoms with Gasteiger partial charge in [-0.05, 0) is 40.5 Å². The molecule has 0 N–H and O–H groups in total. The Hall–Kier alpha value is -1.40. The first-order chi connectivity index (χ1) is 9.59. The van der Waals surface area contributed by atoms with Crippen molar-refractivity contribution in [2.24, 2.45) is 5.92 Å². The number of halogens is 2. The number of rotatable bonds is 2. The lowest BCUT2D eigenvalue weighted by Crippen LogP contribution is -2.52. The lowest BCUT2D eigenvalue weighted by atomic mass is 10.0. The summed E-state index contributed by atoms with van der Waals surface area (Å²) in [7, 11) is 0. The highest BCUT2D eigenvalue weighted by Gasteiger charge is 2.74. The Morgan fingerprint density at radius 2 is 1.90 bits per heavy atom. The summed E-state index contributed by atoms with van der Waals surface area (Å²) in [5, 5.41) is 0. The van der Waals surface area contributed by atoms with Gasteiger partial charge in [0.25, 0.3) is 5.92 Å². The van der Waals surface area contributed by atoms with Gasteiger partial charge in [0.1, 0.15) is 17.7 Å². The van der Waals surface area contributed by atoms with Crippen LogP contribution in [0.4, 0.5) is 13.6 Å². The zero-order valence-electron chi connectivity index (χ0n) is 12.7. The van der Waals surface area contributed by atoms with Crippen LogP contribution in [0.5, 0.6) is 0 Å². The van der Waals surface area contributed by atoms with Crippen LogP contribution in [-0.4, -0.2) is 47.2 Å². The third kappa shape index (κ3) is 2.96. The van der Waals surface area contributed by atoms with Crippen LogP contribution in [0.25, 0.3) is 0 Å². The average Bonchev–Trinajstić information content (AvgIpc) is 2.89. The molecule has 1 aliphatic heterocycles.